The Morgan fingerprint density at radius 1 is 1.17 bits per heavy atom. The zero-order valence-electron chi connectivity index (χ0n) is 15.2. The Labute approximate surface area is 142 Å². The van der Waals surface area contributed by atoms with Crippen molar-refractivity contribution in [3.8, 4) is 0 Å². The van der Waals surface area contributed by atoms with Gasteiger partial charge >= 0.3 is 0 Å². The van der Waals surface area contributed by atoms with Crippen molar-refractivity contribution in [2.45, 2.75) is 70.1 Å². The molecule has 2 heterocycles. The highest BCUT2D eigenvalue weighted by molar-refractivity contribution is 6.74. The van der Waals surface area contributed by atoms with Crippen molar-refractivity contribution >= 4 is 8.32 Å². The molecule has 0 N–H and O–H groups in total. The largest absolute Gasteiger partial charge is 0.412 e. The summed E-state index contributed by atoms with van der Waals surface area (Å²) >= 11 is 0. The molecular formula is C19H31NO2Si. The SMILES string of the molecule is CC(C)(C)[Si](C)(C)OC1CC2COCC1N2Cc1ccccc1. The second-order valence-electron chi connectivity index (χ2n) is 8.57. The lowest BCUT2D eigenvalue weighted by Crippen LogP contribution is -2.51. The Balaban J connectivity index is 1.73. The van der Waals surface area contributed by atoms with E-state index in [1.54, 1.807) is 0 Å². The fourth-order valence-corrected chi connectivity index (χ4v) is 4.82. The summed E-state index contributed by atoms with van der Waals surface area (Å²) in [6.45, 7) is 14.3. The maximum atomic E-state index is 6.76. The van der Waals surface area contributed by atoms with Crippen LogP contribution in [0.5, 0.6) is 0 Å². The minimum Gasteiger partial charge on any atom is -0.412 e. The lowest BCUT2D eigenvalue weighted by atomic mass is 10.1. The molecular weight excluding hydrogens is 302 g/mol. The number of rotatable bonds is 4. The molecule has 2 fully saturated rings. The van der Waals surface area contributed by atoms with Crippen LogP contribution in [0.1, 0.15) is 32.8 Å². The Hall–Kier alpha value is -0.683. The highest BCUT2D eigenvalue weighted by atomic mass is 28.4. The monoisotopic (exact) mass is 333 g/mol. The summed E-state index contributed by atoms with van der Waals surface area (Å²) in [5.74, 6) is 0. The van der Waals surface area contributed by atoms with Crippen LogP contribution in [0.3, 0.4) is 0 Å². The molecule has 2 bridgehead atoms. The van der Waals surface area contributed by atoms with Crippen LogP contribution in [-0.2, 0) is 15.7 Å². The third-order valence-electron chi connectivity index (χ3n) is 5.89. The summed E-state index contributed by atoms with van der Waals surface area (Å²) in [5.41, 5.74) is 1.39. The van der Waals surface area contributed by atoms with Gasteiger partial charge in [0.1, 0.15) is 0 Å². The first-order valence-corrected chi connectivity index (χ1v) is 11.7. The van der Waals surface area contributed by atoms with E-state index in [9.17, 15) is 0 Å². The zero-order valence-corrected chi connectivity index (χ0v) is 16.2. The van der Waals surface area contributed by atoms with Crippen molar-refractivity contribution in [1.82, 2.24) is 4.90 Å². The number of nitrogens with zero attached hydrogens (tertiary/aromatic N) is 1. The number of hydrogen-bond acceptors (Lipinski definition) is 3. The molecule has 2 saturated heterocycles. The van der Waals surface area contributed by atoms with E-state index in [0.29, 0.717) is 18.2 Å². The van der Waals surface area contributed by atoms with Gasteiger partial charge in [0.15, 0.2) is 8.32 Å². The van der Waals surface area contributed by atoms with Crippen molar-refractivity contribution < 1.29 is 9.16 Å². The van der Waals surface area contributed by atoms with E-state index in [1.165, 1.54) is 5.56 Å². The molecule has 0 saturated carbocycles. The van der Waals surface area contributed by atoms with Crippen LogP contribution in [0.15, 0.2) is 30.3 Å². The lowest BCUT2D eigenvalue weighted by Gasteiger charge is -2.41. The Morgan fingerprint density at radius 2 is 1.87 bits per heavy atom. The highest BCUT2D eigenvalue weighted by Crippen LogP contribution is 2.41. The Kier molecular flexibility index (Phi) is 4.71. The van der Waals surface area contributed by atoms with E-state index in [1.807, 2.05) is 0 Å². The van der Waals surface area contributed by atoms with E-state index in [4.69, 9.17) is 9.16 Å². The maximum Gasteiger partial charge on any atom is 0.192 e. The van der Waals surface area contributed by atoms with Crippen LogP contribution in [0.25, 0.3) is 0 Å². The summed E-state index contributed by atoms with van der Waals surface area (Å²) in [6, 6.07) is 11.7. The van der Waals surface area contributed by atoms with Crippen molar-refractivity contribution in [3.63, 3.8) is 0 Å². The van der Waals surface area contributed by atoms with Gasteiger partial charge in [0, 0.05) is 12.6 Å². The molecule has 0 aromatic heterocycles. The average molecular weight is 334 g/mol. The first kappa shape index (κ1) is 17.2. The molecule has 3 atom stereocenters. The van der Waals surface area contributed by atoms with Gasteiger partial charge in [0.05, 0.1) is 25.4 Å². The summed E-state index contributed by atoms with van der Waals surface area (Å²) in [7, 11) is -1.73. The van der Waals surface area contributed by atoms with Gasteiger partial charge in [-0.25, -0.2) is 0 Å². The van der Waals surface area contributed by atoms with Gasteiger partial charge in [-0.1, -0.05) is 51.1 Å². The number of hydrogen-bond donors (Lipinski definition) is 0. The highest BCUT2D eigenvalue weighted by Gasteiger charge is 2.49. The summed E-state index contributed by atoms with van der Waals surface area (Å²) in [5, 5.41) is 0.259. The molecule has 3 rings (SSSR count). The Morgan fingerprint density at radius 3 is 2.52 bits per heavy atom. The van der Waals surface area contributed by atoms with Gasteiger partial charge < -0.3 is 9.16 Å². The number of benzene rings is 1. The van der Waals surface area contributed by atoms with Gasteiger partial charge in [-0.15, -0.1) is 0 Å². The van der Waals surface area contributed by atoms with Crippen LogP contribution < -0.4 is 0 Å². The van der Waals surface area contributed by atoms with E-state index in [-0.39, 0.29) is 5.04 Å². The van der Waals surface area contributed by atoms with Crippen LogP contribution in [0.2, 0.25) is 18.1 Å². The molecule has 1 aromatic rings. The normalized spacial score (nSPS) is 29.0. The molecule has 3 unspecified atom stereocenters. The second-order valence-corrected chi connectivity index (χ2v) is 13.3. The van der Waals surface area contributed by atoms with Crippen molar-refractivity contribution in [3.05, 3.63) is 35.9 Å². The Bertz CT molecular complexity index is 526. The molecule has 128 valence electrons. The van der Waals surface area contributed by atoms with Gasteiger partial charge in [-0.05, 0) is 30.1 Å². The minimum atomic E-state index is -1.73. The molecule has 0 amide bonds. The molecule has 2 aliphatic rings. The van der Waals surface area contributed by atoms with E-state index >= 15 is 0 Å². The van der Waals surface area contributed by atoms with E-state index < -0.39 is 8.32 Å². The topological polar surface area (TPSA) is 21.7 Å². The summed E-state index contributed by atoms with van der Waals surface area (Å²) in [6.07, 6.45) is 1.44. The van der Waals surface area contributed by atoms with Crippen LogP contribution in [0, 0.1) is 0 Å². The third kappa shape index (κ3) is 3.55. The third-order valence-corrected chi connectivity index (χ3v) is 10.4. The lowest BCUT2D eigenvalue weighted by molar-refractivity contribution is -0.0334. The molecule has 0 aliphatic carbocycles. The standard InChI is InChI=1S/C19H31NO2Si/c1-19(2,3)23(4,5)22-18-11-16-13-21-14-17(18)20(16)12-15-9-7-6-8-10-15/h6-10,16-18H,11-14H2,1-5H3. The van der Waals surface area contributed by atoms with Gasteiger partial charge in [-0.3, -0.25) is 4.90 Å². The predicted octanol–water partition coefficient (Wildman–Crippen LogP) is 4.05. The molecule has 2 aliphatic heterocycles. The maximum absolute atomic E-state index is 6.76. The first-order valence-electron chi connectivity index (χ1n) is 8.83. The molecule has 23 heavy (non-hydrogen) atoms. The van der Waals surface area contributed by atoms with Gasteiger partial charge in [-0.2, -0.15) is 0 Å². The van der Waals surface area contributed by atoms with Crippen LogP contribution in [-0.4, -0.2) is 44.6 Å². The van der Waals surface area contributed by atoms with Gasteiger partial charge in [0.2, 0.25) is 0 Å². The molecule has 4 heteroatoms. The summed E-state index contributed by atoms with van der Waals surface area (Å²) in [4.78, 5) is 2.62. The molecule has 0 spiro atoms. The molecule has 1 aromatic carbocycles. The number of morpholine rings is 1. The fraction of sp³-hybridized carbons (Fsp3) is 0.684. The predicted molar refractivity (Wildman–Crippen MR) is 97.1 cm³/mol. The van der Waals surface area contributed by atoms with E-state index in [0.717, 1.165) is 26.2 Å². The van der Waals surface area contributed by atoms with Crippen LogP contribution >= 0.6 is 0 Å². The zero-order chi connectivity index (χ0) is 16.7. The van der Waals surface area contributed by atoms with Gasteiger partial charge in [0.25, 0.3) is 0 Å². The van der Waals surface area contributed by atoms with Crippen molar-refractivity contribution in [2.24, 2.45) is 0 Å². The van der Waals surface area contributed by atoms with Crippen molar-refractivity contribution in [1.29, 1.82) is 0 Å². The minimum absolute atomic E-state index is 0.259. The number of ether oxygens (including phenoxy) is 1. The molecule has 3 nitrogen and oxygen atoms in total. The quantitative estimate of drug-likeness (QED) is 0.776. The smallest absolute Gasteiger partial charge is 0.192 e. The molecule has 0 radical (unpaired) electrons. The fourth-order valence-electron chi connectivity index (χ4n) is 3.46. The second kappa shape index (κ2) is 6.32. The summed E-state index contributed by atoms with van der Waals surface area (Å²) < 4.78 is 12.6. The van der Waals surface area contributed by atoms with Crippen molar-refractivity contribution in [2.75, 3.05) is 13.2 Å². The van der Waals surface area contributed by atoms with E-state index in [2.05, 4.69) is 69.1 Å². The first-order chi connectivity index (χ1) is 10.8. The average Bonchev–Trinajstić information content (AvgIpc) is 2.66. The van der Waals surface area contributed by atoms with Crippen LogP contribution in [0.4, 0.5) is 0 Å². The number of fused-ring (bicyclic) bond motifs is 2.